The number of hydrogen-bond donors (Lipinski definition) is 5. The molecule has 0 spiro atoms. The zero-order valence-electron chi connectivity index (χ0n) is 32.0. The van der Waals surface area contributed by atoms with Gasteiger partial charge in [-0.3, -0.25) is 24.6 Å². The van der Waals surface area contributed by atoms with Crippen LogP contribution in [0.3, 0.4) is 0 Å². The van der Waals surface area contributed by atoms with Crippen molar-refractivity contribution in [2.24, 2.45) is 16.6 Å². The lowest BCUT2D eigenvalue weighted by molar-refractivity contribution is 0.106. The number of hydrogen-bond acceptors (Lipinski definition) is 17. The Hall–Kier alpha value is -5.41. The van der Waals surface area contributed by atoms with Gasteiger partial charge in [-0.2, -0.15) is 28.5 Å². The summed E-state index contributed by atoms with van der Waals surface area (Å²) in [5, 5.41) is 8.29. The second kappa shape index (κ2) is 16.8. The van der Waals surface area contributed by atoms with Crippen LogP contribution >= 0.6 is 11.3 Å². The van der Waals surface area contributed by atoms with Crippen LogP contribution in [0, 0.1) is 6.92 Å². The number of rotatable bonds is 12. The summed E-state index contributed by atoms with van der Waals surface area (Å²) in [7, 11) is -4.86. The molecule has 58 heavy (non-hydrogen) atoms. The number of anilines is 5. The number of Topliss-reactive ketones (excluding diaryl/α,β-unsaturated/α-hetero) is 1. The minimum atomic E-state index is -4.86. The Labute approximate surface area is 340 Å². The minimum Gasteiger partial charge on any atom is -0.338 e. The topological polar surface area (TPSA) is 224 Å². The molecule has 3 aliphatic rings. The fraction of sp³-hybridized carbons (Fsp3) is 0.333. The van der Waals surface area contributed by atoms with Crippen molar-refractivity contribution in [1.82, 2.24) is 29.7 Å². The van der Waals surface area contributed by atoms with E-state index >= 15 is 0 Å². The molecule has 19 heteroatoms. The highest BCUT2D eigenvalue weighted by atomic mass is 32.2. The molecule has 3 aromatic carbocycles. The van der Waals surface area contributed by atoms with Gasteiger partial charge in [-0.15, -0.1) is 11.3 Å². The summed E-state index contributed by atoms with van der Waals surface area (Å²) in [5.74, 6) is 0.713. The van der Waals surface area contributed by atoms with E-state index in [1.54, 1.807) is 41.7 Å². The molecular weight excluding hydrogens is 779 g/mol. The van der Waals surface area contributed by atoms with Gasteiger partial charge in [0.05, 0.1) is 15.9 Å². The number of carbonyl (C=O) groups excluding carboxylic acids is 1. The van der Waals surface area contributed by atoms with Crippen LogP contribution in [0.5, 0.6) is 0 Å². The van der Waals surface area contributed by atoms with Crippen molar-refractivity contribution in [1.29, 1.82) is 0 Å². The highest BCUT2D eigenvalue weighted by molar-refractivity contribution is 7.91. The zero-order chi connectivity index (χ0) is 40.4. The molecule has 0 bridgehead atoms. The second-order valence-electron chi connectivity index (χ2n) is 14.4. The van der Waals surface area contributed by atoms with Crippen molar-refractivity contribution in [3.63, 3.8) is 0 Å². The summed E-state index contributed by atoms with van der Waals surface area (Å²) < 4.78 is 36.7. The van der Waals surface area contributed by atoms with Gasteiger partial charge in [-0.05, 0) is 78.7 Å². The second-order valence-corrected chi connectivity index (χ2v) is 16.8. The molecule has 5 aromatic rings. The smallest absolute Gasteiger partial charge is 0.296 e. The quantitative estimate of drug-likeness (QED) is 0.0900. The molecule has 0 unspecified atom stereocenters. The third kappa shape index (κ3) is 8.70. The standard InChI is InChI=1S/C39H45N13O4S2/c1-25-2-9-31-32(22-25)57-36(43-31)26-3-5-28(6-4-26)47-48-34-33(58(54,55)56)24-27-23-29(7-8-30(27)35(34)53)42-37-44-38(51-18-14-49(12-10-40)15-19-51)46-39(45-37)52-20-16-50(13-11-41)17-21-52/h2-9,22-24,47H,10-21,40-41H2,1H3,(H,54,55,56)(H,42,44,45,46)/b48-34-. The van der Waals surface area contributed by atoms with Crippen LogP contribution in [0.25, 0.3) is 26.9 Å². The number of allylic oxidation sites excluding steroid dienone is 1. The van der Waals surface area contributed by atoms with E-state index in [1.165, 1.54) is 6.08 Å². The van der Waals surface area contributed by atoms with E-state index in [1.807, 2.05) is 31.2 Å². The van der Waals surface area contributed by atoms with Gasteiger partial charge in [0.25, 0.3) is 10.1 Å². The first-order valence-corrected chi connectivity index (χ1v) is 21.4. The highest BCUT2D eigenvalue weighted by Gasteiger charge is 2.33. The number of piperazine rings is 2. The third-order valence-corrected chi connectivity index (χ3v) is 12.3. The lowest BCUT2D eigenvalue weighted by atomic mass is 9.94. The number of nitrogens with zero attached hydrogens (tertiary/aromatic N) is 9. The number of nitrogens with two attached hydrogens (primary N) is 2. The molecule has 2 aliphatic heterocycles. The van der Waals surface area contributed by atoms with Crippen LogP contribution in [-0.2, 0) is 10.1 Å². The predicted molar refractivity (Wildman–Crippen MR) is 230 cm³/mol. The summed E-state index contributed by atoms with van der Waals surface area (Å²) in [6.07, 6.45) is 1.24. The number of hydrazone groups is 1. The Balaban J connectivity index is 1.03. The van der Waals surface area contributed by atoms with Gasteiger partial charge < -0.3 is 26.6 Å². The highest BCUT2D eigenvalue weighted by Crippen LogP contribution is 2.33. The third-order valence-electron chi connectivity index (χ3n) is 10.4. The van der Waals surface area contributed by atoms with E-state index in [0.717, 1.165) is 91.8 Å². The summed E-state index contributed by atoms with van der Waals surface area (Å²) in [6, 6.07) is 18.3. The Morgan fingerprint density at radius 2 is 1.41 bits per heavy atom. The van der Waals surface area contributed by atoms with E-state index in [9.17, 15) is 17.8 Å². The van der Waals surface area contributed by atoms with Crippen LogP contribution in [0.1, 0.15) is 21.5 Å². The average molecular weight is 824 g/mol. The fourth-order valence-electron chi connectivity index (χ4n) is 7.21. The Morgan fingerprint density at radius 3 is 2.02 bits per heavy atom. The summed E-state index contributed by atoms with van der Waals surface area (Å²) in [4.78, 5) is 41.3. The van der Waals surface area contributed by atoms with Crippen LogP contribution in [0.4, 0.5) is 29.2 Å². The van der Waals surface area contributed by atoms with Crippen molar-refractivity contribution in [3.8, 4) is 10.6 Å². The largest absolute Gasteiger partial charge is 0.338 e. The van der Waals surface area contributed by atoms with Crippen LogP contribution < -0.4 is 32.0 Å². The predicted octanol–water partition coefficient (Wildman–Crippen LogP) is 3.25. The maximum atomic E-state index is 13.8. The van der Waals surface area contributed by atoms with Crippen molar-refractivity contribution in [2.45, 2.75) is 6.92 Å². The Kier molecular flexibility index (Phi) is 11.4. The molecule has 17 nitrogen and oxygen atoms in total. The van der Waals surface area contributed by atoms with Crippen LogP contribution in [0.15, 0.2) is 70.7 Å². The SMILES string of the molecule is Cc1ccc2nc(-c3ccc(N/N=C4\C(=O)c5ccc(Nc6nc(N7CCN(CCN)CC7)nc(N7CCN(CCN)CC7)n6)cc5C=C4S(=O)(=O)O)cc3)sc2c1. The molecule has 4 heterocycles. The number of ketones is 1. The molecule has 1 aliphatic carbocycles. The molecule has 8 rings (SSSR count). The molecule has 7 N–H and O–H groups in total. The molecule has 0 atom stereocenters. The number of carbonyl (C=O) groups is 1. The molecule has 0 radical (unpaired) electrons. The minimum absolute atomic E-state index is 0.211. The first kappa shape index (κ1) is 39.4. The summed E-state index contributed by atoms with van der Waals surface area (Å²) in [6.45, 7) is 11.1. The molecule has 0 amide bonds. The number of thiazole rings is 1. The number of aryl methyl sites for hydroxylation is 1. The lowest BCUT2D eigenvalue weighted by Crippen LogP contribution is -2.49. The van der Waals surface area contributed by atoms with Gasteiger partial charge in [0, 0.05) is 95.4 Å². The normalized spacial score (nSPS) is 17.5. The van der Waals surface area contributed by atoms with Crippen molar-refractivity contribution in [2.75, 3.05) is 99.1 Å². The van der Waals surface area contributed by atoms with E-state index in [-0.39, 0.29) is 11.1 Å². The molecule has 2 aromatic heterocycles. The maximum Gasteiger partial charge on any atom is 0.296 e. The van der Waals surface area contributed by atoms with Gasteiger partial charge in [-0.25, -0.2) is 4.98 Å². The van der Waals surface area contributed by atoms with Gasteiger partial charge in [0.1, 0.15) is 9.91 Å². The van der Waals surface area contributed by atoms with Crippen LogP contribution in [-0.4, -0.2) is 133 Å². The van der Waals surface area contributed by atoms with E-state index in [2.05, 4.69) is 41.5 Å². The van der Waals surface area contributed by atoms with E-state index in [0.29, 0.717) is 42.3 Å². The number of aromatic nitrogens is 4. The van der Waals surface area contributed by atoms with Crippen LogP contribution in [0.2, 0.25) is 0 Å². The summed E-state index contributed by atoms with van der Waals surface area (Å²) in [5.41, 5.74) is 18.4. The van der Waals surface area contributed by atoms with Gasteiger partial charge in [-0.1, -0.05) is 6.07 Å². The molecule has 302 valence electrons. The first-order chi connectivity index (χ1) is 28.0. The molecule has 2 fully saturated rings. The fourth-order valence-corrected chi connectivity index (χ4v) is 8.94. The van der Waals surface area contributed by atoms with Crippen molar-refractivity contribution < 1.29 is 17.8 Å². The lowest BCUT2D eigenvalue weighted by Gasteiger charge is -2.36. The molecule has 2 saturated heterocycles. The molecule has 0 saturated carbocycles. The Bertz CT molecular complexity index is 2450. The van der Waals surface area contributed by atoms with Gasteiger partial charge in [0.2, 0.25) is 23.6 Å². The summed E-state index contributed by atoms with van der Waals surface area (Å²) >= 11 is 1.59. The first-order valence-electron chi connectivity index (χ1n) is 19.1. The van der Waals surface area contributed by atoms with Crippen molar-refractivity contribution >= 4 is 78.5 Å². The molecular formula is C39H45N13O4S2. The zero-order valence-corrected chi connectivity index (χ0v) is 33.6. The number of nitrogens with one attached hydrogen (secondary N) is 2. The Morgan fingerprint density at radius 1 is 0.793 bits per heavy atom. The van der Waals surface area contributed by atoms with E-state index in [4.69, 9.17) is 31.4 Å². The van der Waals surface area contributed by atoms with Gasteiger partial charge >= 0.3 is 0 Å². The number of fused-ring (bicyclic) bond motifs is 2. The maximum absolute atomic E-state index is 13.8. The van der Waals surface area contributed by atoms with Gasteiger partial charge in [0.15, 0.2) is 5.71 Å². The monoisotopic (exact) mass is 823 g/mol. The average Bonchev–Trinajstić information content (AvgIpc) is 3.64. The van der Waals surface area contributed by atoms with E-state index < -0.39 is 26.5 Å². The van der Waals surface area contributed by atoms with Crippen molar-refractivity contribution in [3.05, 3.63) is 82.3 Å². The number of benzene rings is 3.